The third-order valence-corrected chi connectivity index (χ3v) is 3.39. The highest BCUT2D eigenvalue weighted by Crippen LogP contribution is 2.34. The Kier molecular flexibility index (Phi) is 4.26. The summed E-state index contributed by atoms with van der Waals surface area (Å²) in [5.41, 5.74) is 13.3. The van der Waals surface area contributed by atoms with Crippen LogP contribution in [0.4, 0.5) is 5.69 Å². The maximum Gasteiger partial charge on any atom is 0.0866 e. The van der Waals surface area contributed by atoms with E-state index in [0.717, 1.165) is 18.4 Å². The molecule has 0 saturated heterocycles. The first kappa shape index (κ1) is 12.9. The van der Waals surface area contributed by atoms with Gasteiger partial charge in [0, 0.05) is 30.8 Å². The summed E-state index contributed by atoms with van der Waals surface area (Å²) in [5.74, 6) is 0. The van der Waals surface area contributed by atoms with E-state index in [-0.39, 0.29) is 11.6 Å². The quantitative estimate of drug-likeness (QED) is 0.799. The molecular formula is C12H21N3O. The molecule has 1 rings (SSSR count). The number of ether oxygens (including phenoxy) is 1. The van der Waals surface area contributed by atoms with E-state index in [9.17, 15) is 0 Å². The predicted octanol–water partition coefficient (Wildman–Crippen LogP) is 1.87. The van der Waals surface area contributed by atoms with Gasteiger partial charge in [-0.1, -0.05) is 13.8 Å². The zero-order chi connectivity index (χ0) is 12.2. The number of nitrogens with two attached hydrogens (primary N) is 2. The number of methoxy groups -OCH3 is 1. The molecule has 0 amide bonds. The molecule has 4 nitrogen and oxygen atoms in total. The second kappa shape index (κ2) is 5.27. The van der Waals surface area contributed by atoms with Crippen LogP contribution in [0.15, 0.2) is 18.5 Å². The zero-order valence-electron chi connectivity index (χ0n) is 10.2. The monoisotopic (exact) mass is 223 g/mol. The lowest BCUT2D eigenvalue weighted by Crippen LogP contribution is -2.42. The standard InChI is InChI=1S/C12H21N3O/c1-4-12(5-2,16-3)11(14)9-8-15-7-6-10(9)13/h6-8,11H,4-5,14H2,1-3H3,(H2,13,15). The van der Waals surface area contributed by atoms with Crippen LogP contribution in [0.3, 0.4) is 0 Å². The van der Waals surface area contributed by atoms with E-state index in [0.29, 0.717) is 5.69 Å². The first-order chi connectivity index (χ1) is 7.61. The Labute approximate surface area is 97.0 Å². The van der Waals surface area contributed by atoms with Crippen LogP contribution >= 0.6 is 0 Å². The van der Waals surface area contributed by atoms with Crippen molar-refractivity contribution in [2.45, 2.75) is 38.3 Å². The Morgan fingerprint density at radius 1 is 1.44 bits per heavy atom. The van der Waals surface area contributed by atoms with E-state index in [4.69, 9.17) is 16.2 Å². The van der Waals surface area contributed by atoms with Crippen LogP contribution in [0.1, 0.15) is 38.3 Å². The van der Waals surface area contributed by atoms with Crippen molar-refractivity contribution >= 4 is 5.69 Å². The minimum Gasteiger partial charge on any atom is -0.398 e. The molecular weight excluding hydrogens is 202 g/mol. The molecule has 1 unspecified atom stereocenters. The Balaban J connectivity index is 3.08. The molecule has 1 aromatic rings. The zero-order valence-corrected chi connectivity index (χ0v) is 10.2. The lowest BCUT2D eigenvalue weighted by molar-refractivity contribution is -0.0384. The highest BCUT2D eigenvalue weighted by molar-refractivity contribution is 5.47. The van der Waals surface area contributed by atoms with Crippen LogP contribution in [-0.2, 0) is 4.74 Å². The van der Waals surface area contributed by atoms with Crippen molar-refractivity contribution in [3.63, 3.8) is 0 Å². The molecule has 0 aromatic carbocycles. The van der Waals surface area contributed by atoms with Crippen molar-refractivity contribution in [2.24, 2.45) is 5.73 Å². The van der Waals surface area contributed by atoms with Crippen molar-refractivity contribution in [3.05, 3.63) is 24.0 Å². The van der Waals surface area contributed by atoms with Crippen molar-refractivity contribution < 1.29 is 4.74 Å². The van der Waals surface area contributed by atoms with Gasteiger partial charge in [0.05, 0.1) is 11.6 Å². The molecule has 0 radical (unpaired) electrons. The smallest absolute Gasteiger partial charge is 0.0866 e. The number of nitrogen functional groups attached to an aromatic ring is 1. The van der Waals surface area contributed by atoms with Crippen LogP contribution < -0.4 is 11.5 Å². The van der Waals surface area contributed by atoms with Gasteiger partial charge in [0.15, 0.2) is 0 Å². The number of hydrogen-bond acceptors (Lipinski definition) is 4. The Morgan fingerprint density at radius 3 is 2.50 bits per heavy atom. The molecule has 0 fully saturated rings. The number of anilines is 1. The Hall–Kier alpha value is -1.13. The van der Waals surface area contributed by atoms with E-state index >= 15 is 0 Å². The topological polar surface area (TPSA) is 74.2 Å². The third kappa shape index (κ3) is 2.18. The largest absolute Gasteiger partial charge is 0.398 e. The lowest BCUT2D eigenvalue weighted by Gasteiger charge is -2.36. The van der Waals surface area contributed by atoms with Crippen molar-refractivity contribution in [2.75, 3.05) is 12.8 Å². The highest BCUT2D eigenvalue weighted by Gasteiger charge is 2.35. The summed E-state index contributed by atoms with van der Waals surface area (Å²) < 4.78 is 5.60. The van der Waals surface area contributed by atoms with Gasteiger partial charge in [-0.15, -0.1) is 0 Å². The minimum absolute atomic E-state index is 0.249. The summed E-state index contributed by atoms with van der Waals surface area (Å²) in [5, 5.41) is 0. The van der Waals surface area contributed by atoms with E-state index in [1.165, 1.54) is 0 Å². The first-order valence-corrected chi connectivity index (χ1v) is 5.61. The van der Waals surface area contributed by atoms with Crippen LogP contribution in [0.2, 0.25) is 0 Å². The lowest BCUT2D eigenvalue weighted by atomic mass is 9.84. The SMILES string of the molecule is CCC(CC)(OC)C(N)c1cnccc1N. The summed E-state index contributed by atoms with van der Waals surface area (Å²) in [6.45, 7) is 4.14. The molecule has 0 aliphatic carbocycles. The van der Waals surface area contributed by atoms with Gasteiger partial charge in [-0.3, -0.25) is 4.98 Å². The normalized spacial score (nSPS) is 13.8. The maximum atomic E-state index is 6.26. The Bertz CT molecular complexity index is 329. The van der Waals surface area contributed by atoms with E-state index in [1.807, 2.05) is 0 Å². The number of nitrogens with zero attached hydrogens (tertiary/aromatic N) is 1. The average molecular weight is 223 g/mol. The molecule has 1 heterocycles. The Morgan fingerprint density at radius 2 is 2.06 bits per heavy atom. The minimum atomic E-state index is -0.364. The predicted molar refractivity (Wildman–Crippen MR) is 65.9 cm³/mol. The van der Waals surface area contributed by atoms with Crippen molar-refractivity contribution in [3.8, 4) is 0 Å². The second-order valence-corrected chi connectivity index (χ2v) is 3.96. The fourth-order valence-corrected chi connectivity index (χ4v) is 2.07. The fraction of sp³-hybridized carbons (Fsp3) is 0.583. The van der Waals surface area contributed by atoms with Gasteiger partial charge in [0.2, 0.25) is 0 Å². The summed E-state index contributed by atoms with van der Waals surface area (Å²) in [4.78, 5) is 4.07. The first-order valence-electron chi connectivity index (χ1n) is 5.61. The molecule has 1 aromatic heterocycles. The van der Waals surface area contributed by atoms with E-state index in [1.54, 1.807) is 25.6 Å². The van der Waals surface area contributed by atoms with Gasteiger partial charge >= 0.3 is 0 Å². The molecule has 0 spiro atoms. The van der Waals surface area contributed by atoms with Crippen LogP contribution in [0.25, 0.3) is 0 Å². The number of hydrogen-bond donors (Lipinski definition) is 2. The summed E-state index contributed by atoms with van der Waals surface area (Å²) in [7, 11) is 1.69. The molecule has 90 valence electrons. The maximum absolute atomic E-state index is 6.26. The average Bonchev–Trinajstić information content (AvgIpc) is 2.32. The number of rotatable bonds is 5. The molecule has 0 aliphatic heterocycles. The van der Waals surface area contributed by atoms with Crippen molar-refractivity contribution in [1.82, 2.24) is 4.98 Å². The summed E-state index contributed by atoms with van der Waals surface area (Å²) in [6, 6.07) is 1.52. The van der Waals surface area contributed by atoms with Gasteiger partial charge in [0.25, 0.3) is 0 Å². The number of pyridine rings is 1. The molecule has 0 aliphatic rings. The third-order valence-electron chi connectivity index (χ3n) is 3.39. The van der Waals surface area contributed by atoms with Gasteiger partial charge in [-0.25, -0.2) is 0 Å². The molecule has 4 N–H and O–H groups in total. The molecule has 1 atom stereocenters. The number of aromatic nitrogens is 1. The van der Waals surface area contributed by atoms with Gasteiger partial charge in [0.1, 0.15) is 0 Å². The van der Waals surface area contributed by atoms with Gasteiger partial charge in [-0.2, -0.15) is 0 Å². The van der Waals surface area contributed by atoms with Crippen LogP contribution in [0, 0.1) is 0 Å². The second-order valence-electron chi connectivity index (χ2n) is 3.96. The molecule has 0 bridgehead atoms. The van der Waals surface area contributed by atoms with Crippen LogP contribution in [-0.4, -0.2) is 17.7 Å². The highest BCUT2D eigenvalue weighted by atomic mass is 16.5. The molecule has 16 heavy (non-hydrogen) atoms. The summed E-state index contributed by atoms with van der Waals surface area (Å²) in [6.07, 6.45) is 5.07. The van der Waals surface area contributed by atoms with Gasteiger partial charge < -0.3 is 16.2 Å². The molecule has 4 heteroatoms. The van der Waals surface area contributed by atoms with E-state index in [2.05, 4.69) is 18.8 Å². The van der Waals surface area contributed by atoms with Crippen LogP contribution in [0.5, 0.6) is 0 Å². The van der Waals surface area contributed by atoms with E-state index < -0.39 is 0 Å². The molecule has 0 saturated carbocycles. The summed E-state index contributed by atoms with van der Waals surface area (Å²) >= 11 is 0. The van der Waals surface area contributed by atoms with Crippen molar-refractivity contribution in [1.29, 1.82) is 0 Å². The fourth-order valence-electron chi connectivity index (χ4n) is 2.07. The van der Waals surface area contributed by atoms with Gasteiger partial charge in [-0.05, 0) is 18.9 Å².